The number of hydrogen-bond acceptors (Lipinski definition) is 1. The zero-order valence-electron chi connectivity index (χ0n) is 14.2. The number of Topliss-reactive ketones (excluding diaryl/α,β-unsaturated/α-hetero) is 1. The van der Waals surface area contributed by atoms with Gasteiger partial charge in [-0.3, -0.25) is 4.79 Å². The van der Waals surface area contributed by atoms with Crippen molar-refractivity contribution in [1.29, 1.82) is 0 Å². The fourth-order valence-electron chi connectivity index (χ4n) is 3.02. The number of nitrogens with zero attached hydrogens (tertiary/aromatic N) is 1. The molecule has 3 aromatic rings. The number of hydrogen-bond donors (Lipinski definition) is 0. The van der Waals surface area contributed by atoms with Crippen molar-refractivity contribution >= 4 is 16.7 Å². The molecule has 28 heavy (non-hydrogen) atoms. The third-order valence-electron chi connectivity index (χ3n) is 4.31. The molecular formula is C19H12F7NO. The Balaban J connectivity index is 2.15. The molecule has 0 aliphatic carbocycles. The lowest BCUT2D eigenvalue weighted by Crippen LogP contribution is -2.15. The van der Waals surface area contributed by atoms with Crippen molar-refractivity contribution in [3.8, 4) is 0 Å². The first-order valence-electron chi connectivity index (χ1n) is 7.94. The lowest BCUT2D eigenvalue weighted by molar-refractivity contribution is -0.143. The number of carbonyl (C=O) groups excluding carboxylic acids is 1. The molecule has 3 rings (SSSR count). The molecule has 1 aromatic heterocycles. The molecule has 0 aliphatic heterocycles. The lowest BCUT2D eigenvalue weighted by atomic mass is 10.0. The highest BCUT2D eigenvalue weighted by atomic mass is 19.4. The molecule has 148 valence electrons. The van der Waals surface area contributed by atoms with Crippen molar-refractivity contribution in [2.75, 3.05) is 0 Å². The molecule has 0 aliphatic rings. The number of carbonyl (C=O) groups is 1. The van der Waals surface area contributed by atoms with Gasteiger partial charge in [0.25, 0.3) is 0 Å². The minimum Gasteiger partial charge on any atom is -0.342 e. The maximum atomic E-state index is 13.5. The van der Waals surface area contributed by atoms with Gasteiger partial charge in [0.05, 0.1) is 11.1 Å². The number of halogens is 7. The highest BCUT2D eigenvalue weighted by molar-refractivity contribution is 6.07. The van der Waals surface area contributed by atoms with Gasteiger partial charge in [0.15, 0.2) is 5.78 Å². The molecule has 0 radical (unpaired) electrons. The van der Waals surface area contributed by atoms with Crippen LogP contribution < -0.4 is 0 Å². The number of fused-ring (bicyclic) bond motifs is 1. The van der Waals surface area contributed by atoms with E-state index in [-0.39, 0.29) is 17.0 Å². The smallest absolute Gasteiger partial charge is 0.342 e. The molecule has 1 heterocycles. The molecule has 0 atom stereocenters. The maximum Gasteiger partial charge on any atom is 0.416 e. The molecule has 0 bridgehead atoms. The van der Waals surface area contributed by atoms with Gasteiger partial charge in [-0.1, -0.05) is 6.07 Å². The molecular weight excluding hydrogens is 391 g/mol. The van der Waals surface area contributed by atoms with Crippen LogP contribution in [0.4, 0.5) is 30.7 Å². The number of alkyl halides is 6. The van der Waals surface area contributed by atoms with Gasteiger partial charge in [0.2, 0.25) is 0 Å². The molecule has 0 saturated heterocycles. The summed E-state index contributed by atoms with van der Waals surface area (Å²) in [5.41, 5.74) is -2.84. The summed E-state index contributed by atoms with van der Waals surface area (Å²) in [4.78, 5) is 11.8. The fourth-order valence-corrected chi connectivity index (χ4v) is 3.02. The van der Waals surface area contributed by atoms with Gasteiger partial charge in [-0.2, -0.15) is 26.3 Å². The Labute approximate surface area is 154 Å². The summed E-state index contributed by atoms with van der Waals surface area (Å²) in [5.74, 6) is -1.05. The van der Waals surface area contributed by atoms with Crippen LogP contribution in [0, 0.1) is 5.82 Å². The van der Waals surface area contributed by atoms with Crippen molar-refractivity contribution in [2.24, 2.45) is 0 Å². The summed E-state index contributed by atoms with van der Waals surface area (Å²) in [6.07, 6.45) is -8.66. The summed E-state index contributed by atoms with van der Waals surface area (Å²) in [5, 5.41) is 0.216. The molecule has 0 unspecified atom stereocenters. The van der Waals surface area contributed by atoms with Crippen LogP contribution in [0.15, 0.2) is 42.6 Å². The van der Waals surface area contributed by atoms with Gasteiger partial charge < -0.3 is 4.57 Å². The Morgan fingerprint density at radius 1 is 0.964 bits per heavy atom. The van der Waals surface area contributed by atoms with E-state index in [2.05, 4.69) is 0 Å². The first-order valence-corrected chi connectivity index (χ1v) is 7.94. The molecule has 0 saturated carbocycles. The van der Waals surface area contributed by atoms with Crippen LogP contribution in [0.25, 0.3) is 10.9 Å². The predicted molar refractivity (Wildman–Crippen MR) is 87.4 cm³/mol. The maximum absolute atomic E-state index is 13.5. The van der Waals surface area contributed by atoms with E-state index in [0.29, 0.717) is 11.6 Å². The van der Waals surface area contributed by atoms with Gasteiger partial charge >= 0.3 is 12.4 Å². The Bertz CT molecular complexity index is 1060. The van der Waals surface area contributed by atoms with Crippen LogP contribution in [0.5, 0.6) is 0 Å². The molecule has 0 amide bonds. The number of aromatic nitrogens is 1. The summed E-state index contributed by atoms with van der Waals surface area (Å²) >= 11 is 0. The Morgan fingerprint density at radius 2 is 1.64 bits per heavy atom. The second-order valence-electron chi connectivity index (χ2n) is 6.26. The van der Waals surface area contributed by atoms with Gasteiger partial charge in [0.1, 0.15) is 5.82 Å². The van der Waals surface area contributed by atoms with Crippen LogP contribution in [-0.4, -0.2) is 10.4 Å². The van der Waals surface area contributed by atoms with E-state index in [0.717, 1.165) is 18.2 Å². The van der Waals surface area contributed by atoms with Gasteiger partial charge in [-0.05, 0) is 42.8 Å². The quantitative estimate of drug-likeness (QED) is 0.384. The monoisotopic (exact) mass is 403 g/mol. The number of rotatable bonds is 3. The second-order valence-corrected chi connectivity index (χ2v) is 6.26. The zero-order chi connectivity index (χ0) is 20.9. The van der Waals surface area contributed by atoms with Crippen molar-refractivity contribution < 1.29 is 35.5 Å². The summed E-state index contributed by atoms with van der Waals surface area (Å²) in [7, 11) is 0. The standard InChI is InChI=1S/C19H12F7NO/c1-10(28)15-9-27(17-5-4-13(20)7-14(15)17)8-11-2-3-12(18(21,22)23)6-16(11)19(24,25)26/h2-7,9H,8H2,1H3. The highest BCUT2D eigenvalue weighted by Crippen LogP contribution is 2.38. The van der Waals surface area contributed by atoms with Crippen LogP contribution in [0.1, 0.15) is 34.0 Å². The summed E-state index contributed by atoms with van der Waals surface area (Å²) in [6.45, 7) is 0.783. The second kappa shape index (κ2) is 6.65. The first-order chi connectivity index (χ1) is 12.9. The van der Waals surface area contributed by atoms with Crippen LogP contribution in [0.3, 0.4) is 0 Å². The molecule has 2 nitrogen and oxygen atoms in total. The van der Waals surface area contributed by atoms with Crippen molar-refractivity contribution in [1.82, 2.24) is 4.57 Å². The molecule has 0 N–H and O–H groups in total. The SMILES string of the molecule is CC(=O)c1cn(Cc2ccc(C(F)(F)F)cc2C(F)(F)F)c2ccc(F)cc12. The number of ketones is 1. The van der Waals surface area contributed by atoms with E-state index in [1.807, 2.05) is 0 Å². The minimum atomic E-state index is -5.00. The van der Waals surface area contributed by atoms with E-state index in [1.165, 1.54) is 23.8 Å². The van der Waals surface area contributed by atoms with Crippen LogP contribution in [-0.2, 0) is 18.9 Å². The van der Waals surface area contributed by atoms with E-state index in [9.17, 15) is 35.5 Å². The normalized spacial score (nSPS) is 12.6. The average molecular weight is 403 g/mol. The van der Waals surface area contributed by atoms with Gasteiger partial charge in [-0.25, -0.2) is 4.39 Å². The minimum absolute atomic E-state index is 0.0621. The van der Waals surface area contributed by atoms with E-state index in [1.54, 1.807) is 0 Å². The molecule has 2 aromatic carbocycles. The van der Waals surface area contributed by atoms with Gasteiger partial charge in [0, 0.05) is 29.2 Å². The van der Waals surface area contributed by atoms with Crippen molar-refractivity contribution in [2.45, 2.75) is 25.8 Å². The highest BCUT2D eigenvalue weighted by Gasteiger charge is 2.38. The Kier molecular flexibility index (Phi) is 4.73. The van der Waals surface area contributed by atoms with Gasteiger partial charge in [-0.15, -0.1) is 0 Å². The fraction of sp³-hybridized carbons (Fsp3) is 0.211. The molecule has 0 fully saturated rings. The van der Waals surface area contributed by atoms with Crippen LogP contribution >= 0.6 is 0 Å². The predicted octanol–water partition coefficient (Wildman–Crippen LogP) is 6.07. The summed E-state index contributed by atoms with van der Waals surface area (Å²) < 4.78 is 93.2. The van der Waals surface area contributed by atoms with Crippen molar-refractivity contribution in [3.63, 3.8) is 0 Å². The topological polar surface area (TPSA) is 22.0 Å². The molecule has 9 heteroatoms. The molecule has 0 spiro atoms. The Morgan fingerprint density at radius 3 is 2.21 bits per heavy atom. The van der Waals surface area contributed by atoms with Crippen molar-refractivity contribution in [3.05, 3.63) is 70.7 Å². The zero-order valence-corrected chi connectivity index (χ0v) is 14.2. The number of benzene rings is 2. The van der Waals surface area contributed by atoms with E-state index < -0.39 is 47.2 Å². The third-order valence-corrected chi connectivity index (χ3v) is 4.31. The Hall–Kier alpha value is -2.84. The van der Waals surface area contributed by atoms with E-state index >= 15 is 0 Å². The average Bonchev–Trinajstić information content (AvgIpc) is 2.91. The van der Waals surface area contributed by atoms with Crippen LogP contribution in [0.2, 0.25) is 0 Å². The van der Waals surface area contributed by atoms with E-state index in [4.69, 9.17) is 0 Å². The first kappa shape index (κ1) is 19.9. The summed E-state index contributed by atoms with van der Waals surface area (Å²) in [6, 6.07) is 4.86. The third kappa shape index (κ3) is 3.74. The lowest BCUT2D eigenvalue weighted by Gasteiger charge is -2.17. The largest absolute Gasteiger partial charge is 0.416 e.